The number of carboxylic acids is 1. The van der Waals surface area contributed by atoms with Crippen molar-refractivity contribution in [3.05, 3.63) is 12.7 Å². The predicted octanol–water partition coefficient (Wildman–Crippen LogP) is 1.05. The molecule has 1 saturated heterocycles. The molecule has 1 heterocycles. The molecule has 1 rings (SSSR count). The van der Waals surface area contributed by atoms with Crippen LogP contribution in [0.3, 0.4) is 0 Å². The Morgan fingerprint density at radius 1 is 1.75 bits per heavy atom. The van der Waals surface area contributed by atoms with E-state index < -0.39 is 5.97 Å². The molecule has 0 unspecified atom stereocenters. The van der Waals surface area contributed by atoms with Gasteiger partial charge in [0.05, 0.1) is 0 Å². The highest BCUT2D eigenvalue weighted by Gasteiger charge is 2.27. The maximum atomic E-state index is 10.5. The first-order valence-corrected chi connectivity index (χ1v) is 3.81. The van der Waals surface area contributed by atoms with Crippen molar-refractivity contribution in [3.63, 3.8) is 0 Å². The highest BCUT2D eigenvalue weighted by molar-refractivity contribution is 5.85. The van der Waals surface area contributed by atoms with Gasteiger partial charge in [0, 0.05) is 0 Å². The third-order valence-corrected chi connectivity index (χ3v) is 2.02. The van der Waals surface area contributed by atoms with Crippen LogP contribution in [-0.4, -0.2) is 23.7 Å². The van der Waals surface area contributed by atoms with Crippen LogP contribution >= 0.6 is 12.4 Å². The van der Waals surface area contributed by atoms with E-state index in [0.717, 1.165) is 19.4 Å². The molecule has 0 aromatic rings. The molecule has 0 aromatic carbocycles. The molecule has 12 heavy (non-hydrogen) atoms. The number of carbonyl (C=O) groups is 1. The minimum absolute atomic E-state index is 0. The number of carboxylic acid groups (broad SMARTS) is 1. The molecule has 0 bridgehead atoms. The van der Waals surface area contributed by atoms with E-state index in [9.17, 15) is 4.79 Å². The monoisotopic (exact) mass is 191 g/mol. The van der Waals surface area contributed by atoms with E-state index >= 15 is 0 Å². The summed E-state index contributed by atoms with van der Waals surface area (Å²) in [7, 11) is 0. The van der Waals surface area contributed by atoms with Gasteiger partial charge in [0.2, 0.25) is 0 Å². The average molecular weight is 192 g/mol. The second kappa shape index (κ2) is 5.17. The zero-order valence-electron chi connectivity index (χ0n) is 6.82. The predicted molar refractivity (Wildman–Crippen MR) is 49.6 cm³/mol. The number of nitrogens with one attached hydrogen (secondary N) is 1. The standard InChI is InChI=1S/C8H13NO2.ClH/c1-2-3-6-4-7(8(10)11)9-5-6;/h2,6-7,9H,1,3-5H2,(H,10,11);1H/t6-,7+;/m1./s1. The molecule has 1 aliphatic heterocycles. The summed E-state index contributed by atoms with van der Waals surface area (Å²) < 4.78 is 0. The van der Waals surface area contributed by atoms with Crippen molar-refractivity contribution in [1.82, 2.24) is 5.32 Å². The Bertz CT molecular complexity index is 172. The Morgan fingerprint density at radius 2 is 2.42 bits per heavy atom. The van der Waals surface area contributed by atoms with Gasteiger partial charge < -0.3 is 10.4 Å². The van der Waals surface area contributed by atoms with Crippen LogP contribution < -0.4 is 5.32 Å². The minimum Gasteiger partial charge on any atom is -0.480 e. The Morgan fingerprint density at radius 3 is 2.83 bits per heavy atom. The Kier molecular flexibility index (Phi) is 4.93. The molecule has 1 fully saturated rings. The maximum absolute atomic E-state index is 10.5. The molecule has 0 radical (unpaired) electrons. The molecule has 0 amide bonds. The lowest BCUT2D eigenvalue weighted by Gasteiger charge is -2.02. The lowest BCUT2D eigenvalue weighted by Crippen LogP contribution is -2.29. The van der Waals surface area contributed by atoms with Crippen LogP contribution in [0.25, 0.3) is 0 Å². The number of rotatable bonds is 3. The Hall–Kier alpha value is -0.540. The second-order valence-electron chi connectivity index (χ2n) is 2.93. The summed E-state index contributed by atoms with van der Waals surface area (Å²) in [5, 5.41) is 11.6. The van der Waals surface area contributed by atoms with E-state index in [-0.39, 0.29) is 18.4 Å². The van der Waals surface area contributed by atoms with Crippen molar-refractivity contribution in [2.75, 3.05) is 6.54 Å². The minimum atomic E-state index is -0.739. The summed E-state index contributed by atoms with van der Waals surface area (Å²) in [5.41, 5.74) is 0. The number of allylic oxidation sites excluding steroid dienone is 1. The largest absolute Gasteiger partial charge is 0.480 e. The first-order chi connectivity index (χ1) is 5.24. The zero-order chi connectivity index (χ0) is 8.27. The fourth-order valence-electron chi connectivity index (χ4n) is 1.41. The average Bonchev–Trinajstić information content (AvgIpc) is 2.37. The van der Waals surface area contributed by atoms with Crippen LogP contribution in [-0.2, 0) is 4.79 Å². The van der Waals surface area contributed by atoms with Gasteiger partial charge in [0.15, 0.2) is 0 Å². The fourth-order valence-corrected chi connectivity index (χ4v) is 1.41. The quantitative estimate of drug-likeness (QED) is 0.656. The third-order valence-electron chi connectivity index (χ3n) is 2.02. The van der Waals surface area contributed by atoms with Crippen LogP contribution in [0, 0.1) is 5.92 Å². The molecule has 70 valence electrons. The van der Waals surface area contributed by atoms with Crippen molar-refractivity contribution >= 4 is 18.4 Å². The molecule has 2 atom stereocenters. The number of hydrogen-bond acceptors (Lipinski definition) is 2. The summed E-state index contributed by atoms with van der Waals surface area (Å²) in [6.45, 7) is 4.43. The van der Waals surface area contributed by atoms with Gasteiger partial charge in [0.1, 0.15) is 6.04 Å². The van der Waals surface area contributed by atoms with Gasteiger partial charge in [-0.05, 0) is 25.3 Å². The SMILES string of the molecule is C=CC[C@H]1CN[C@H](C(=O)O)C1.Cl. The van der Waals surface area contributed by atoms with Gasteiger partial charge in [-0.15, -0.1) is 19.0 Å². The number of aliphatic carboxylic acids is 1. The van der Waals surface area contributed by atoms with Gasteiger partial charge in [-0.2, -0.15) is 0 Å². The maximum Gasteiger partial charge on any atom is 0.320 e. The van der Waals surface area contributed by atoms with E-state index in [1.54, 1.807) is 0 Å². The summed E-state index contributed by atoms with van der Waals surface area (Å²) >= 11 is 0. The highest BCUT2D eigenvalue weighted by atomic mass is 35.5. The fraction of sp³-hybridized carbons (Fsp3) is 0.625. The normalized spacial score (nSPS) is 27.7. The van der Waals surface area contributed by atoms with Gasteiger partial charge in [-0.1, -0.05) is 6.08 Å². The van der Waals surface area contributed by atoms with E-state index in [4.69, 9.17) is 5.11 Å². The first kappa shape index (κ1) is 11.5. The summed E-state index contributed by atoms with van der Waals surface area (Å²) in [6.07, 6.45) is 3.49. The topological polar surface area (TPSA) is 49.3 Å². The van der Waals surface area contributed by atoms with E-state index in [0.29, 0.717) is 5.92 Å². The van der Waals surface area contributed by atoms with E-state index in [1.807, 2.05) is 6.08 Å². The summed E-state index contributed by atoms with van der Waals surface area (Å²) in [6, 6.07) is -0.333. The van der Waals surface area contributed by atoms with Gasteiger partial charge >= 0.3 is 5.97 Å². The highest BCUT2D eigenvalue weighted by Crippen LogP contribution is 2.17. The molecule has 3 nitrogen and oxygen atoms in total. The first-order valence-electron chi connectivity index (χ1n) is 3.81. The van der Waals surface area contributed by atoms with Crippen LogP contribution in [0.4, 0.5) is 0 Å². The number of hydrogen-bond donors (Lipinski definition) is 2. The van der Waals surface area contributed by atoms with Gasteiger partial charge in [0.25, 0.3) is 0 Å². The van der Waals surface area contributed by atoms with Crippen LogP contribution in [0.5, 0.6) is 0 Å². The third kappa shape index (κ3) is 2.83. The van der Waals surface area contributed by atoms with Crippen molar-refractivity contribution < 1.29 is 9.90 Å². The van der Waals surface area contributed by atoms with Crippen molar-refractivity contribution in [2.24, 2.45) is 5.92 Å². The van der Waals surface area contributed by atoms with Crippen LogP contribution in [0.15, 0.2) is 12.7 Å². The molecule has 0 aromatic heterocycles. The molecular formula is C8H14ClNO2. The summed E-state index contributed by atoms with van der Waals surface area (Å²) in [4.78, 5) is 10.5. The molecule has 2 N–H and O–H groups in total. The van der Waals surface area contributed by atoms with Crippen molar-refractivity contribution in [2.45, 2.75) is 18.9 Å². The molecule has 0 spiro atoms. The zero-order valence-corrected chi connectivity index (χ0v) is 7.64. The molecule has 0 aliphatic carbocycles. The molecule has 4 heteroatoms. The summed E-state index contributed by atoms with van der Waals surface area (Å²) in [5.74, 6) is -0.273. The molecular weight excluding hydrogens is 178 g/mol. The van der Waals surface area contributed by atoms with E-state index in [1.165, 1.54) is 0 Å². The molecule has 1 aliphatic rings. The second-order valence-corrected chi connectivity index (χ2v) is 2.93. The number of halogens is 1. The van der Waals surface area contributed by atoms with Crippen molar-refractivity contribution in [3.8, 4) is 0 Å². The van der Waals surface area contributed by atoms with Gasteiger partial charge in [-0.3, -0.25) is 4.79 Å². The van der Waals surface area contributed by atoms with Crippen LogP contribution in [0.2, 0.25) is 0 Å². The smallest absolute Gasteiger partial charge is 0.320 e. The Labute approximate surface area is 78.3 Å². The lowest BCUT2D eigenvalue weighted by molar-refractivity contribution is -0.139. The lowest BCUT2D eigenvalue weighted by atomic mass is 10.0. The van der Waals surface area contributed by atoms with Gasteiger partial charge in [-0.25, -0.2) is 0 Å². The van der Waals surface area contributed by atoms with Crippen molar-refractivity contribution in [1.29, 1.82) is 0 Å². The van der Waals surface area contributed by atoms with Crippen LogP contribution in [0.1, 0.15) is 12.8 Å². The van der Waals surface area contributed by atoms with E-state index in [2.05, 4.69) is 11.9 Å². The Balaban J connectivity index is 0.00000121. The molecule has 0 saturated carbocycles.